The molecule has 0 bridgehead atoms. The molecule has 3 aromatic carbocycles. The summed E-state index contributed by atoms with van der Waals surface area (Å²) in [5.74, 6) is 0.405. The van der Waals surface area contributed by atoms with Crippen molar-refractivity contribution in [2.75, 3.05) is 17.7 Å². The van der Waals surface area contributed by atoms with Gasteiger partial charge in [0.1, 0.15) is 11.3 Å². The number of amides is 1. The van der Waals surface area contributed by atoms with E-state index in [9.17, 15) is 9.59 Å². The van der Waals surface area contributed by atoms with Gasteiger partial charge in [-0.3, -0.25) is 4.79 Å². The molecule has 0 saturated carbocycles. The van der Waals surface area contributed by atoms with E-state index in [-0.39, 0.29) is 18.0 Å². The molecule has 4 rings (SSSR count). The van der Waals surface area contributed by atoms with Crippen molar-refractivity contribution in [1.29, 1.82) is 0 Å². The number of para-hydroxylation sites is 1. The third-order valence-corrected chi connectivity index (χ3v) is 4.91. The molecule has 6 nitrogen and oxygen atoms in total. The van der Waals surface area contributed by atoms with Crippen molar-refractivity contribution in [3.63, 3.8) is 0 Å². The summed E-state index contributed by atoms with van der Waals surface area (Å²) < 4.78 is 10.6. The summed E-state index contributed by atoms with van der Waals surface area (Å²) in [6.45, 7) is 0.496. The van der Waals surface area contributed by atoms with Gasteiger partial charge in [0, 0.05) is 11.9 Å². The second-order valence-electron chi connectivity index (χ2n) is 7.05. The summed E-state index contributed by atoms with van der Waals surface area (Å²) in [4.78, 5) is 25.4. The molecule has 0 aliphatic carbocycles. The molecule has 1 heterocycles. The van der Waals surface area contributed by atoms with E-state index in [2.05, 4.69) is 10.6 Å². The van der Waals surface area contributed by atoms with Gasteiger partial charge in [-0.2, -0.15) is 0 Å². The molecule has 0 radical (unpaired) electrons. The Hall–Kier alpha value is -4.06. The fraction of sp³-hybridized carbons (Fsp3) is 0.120. The summed E-state index contributed by atoms with van der Waals surface area (Å²) in [5.41, 5.74) is 2.36. The molecule has 0 unspecified atom stereocenters. The lowest BCUT2D eigenvalue weighted by Gasteiger charge is -2.14. The Balaban J connectivity index is 1.62. The lowest BCUT2D eigenvalue weighted by molar-refractivity contribution is -0.115. The average Bonchev–Trinajstić information content (AvgIpc) is 2.80. The first-order chi connectivity index (χ1) is 15.1. The molecule has 4 aromatic rings. The highest BCUT2D eigenvalue weighted by Gasteiger charge is 2.17. The molecule has 0 atom stereocenters. The number of ether oxygens (including phenoxy) is 1. The first-order valence-electron chi connectivity index (χ1n) is 9.90. The van der Waals surface area contributed by atoms with Crippen molar-refractivity contribution in [2.45, 2.75) is 13.0 Å². The highest BCUT2D eigenvalue weighted by atomic mass is 16.5. The summed E-state index contributed by atoms with van der Waals surface area (Å²) in [5, 5.41) is 6.77. The third-order valence-electron chi connectivity index (χ3n) is 4.91. The van der Waals surface area contributed by atoms with Crippen LogP contribution in [0.15, 0.2) is 88.1 Å². The van der Waals surface area contributed by atoms with Crippen molar-refractivity contribution in [2.24, 2.45) is 0 Å². The van der Waals surface area contributed by atoms with Gasteiger partial charge in [-0.1, -0.05) is 54.6 Å². The molecular weight excluding hydrogens is 392 g/mol. The van der Waals surface area contributed by atoms with Crippen LogP contribution < -0.4 is 21.0 Å². The standard InChI is InChI=1S/C25H22N2O4/c1-30-19-13-11-17(12-14-19)15-22(28)27-24-23(26-16-18-7-3-2-4-8-18)20-9-5-6-10-21(20)31-25(24)29/h2-14,26H,15-16H2,1H3,(H,27,28). The van der Waals surface area contributed by atoms with Gasteiger partial charge in [0.15, 0.2) is 5.69 Å². The predicted octanol–water partition coefficient (Wildman–Crippen LogP) is 4.59. The second-order valence-corrected chi connectivity index (χ2v) is 7.05. The van der Waals surface area contributed by atoms with E-state index in [4.69, 9.17) is 9.15 Å². The molecule has 156 valence electrons. The largest absolute Gasteiger partial charge is 0.497 e. The minimum atomic E-state index is -0.600. The zero-order chi connectivity index (χ0) is 21.6. The summed E-state index contributed by atoms with van der Waals surface area (Å²) in [6.07, 6.45) is 0.119. The maximum Gasteiger partial charge on any atom is 0.362 e. The SMILES string of the molecule is COc1ccc(CC(=O)Nc2c(NCc3ccccc3)c3ccccc3oc2=O)cc1. The topological polar surface area (TPSA) is 80.6 Å². The lowest BCUT2D eigenvalue weighted by Crippen LogP contribution is -2.21. The Bertz CT molecular complexity index is 1250. The molecule has 0 spiro atoms. The van der Waals surface area contributed by atoms with Crippen LogP contribution in [0, 0.1) is 0 Å². The van der Waals surface area contributed by atoms with Gasteiger partial charge in [-0.25, -0.2) is 4.79 Å². The van der Waals surface area contributed by atoms with Crippen molar-refractivity contribution in [3.05, 3.63) is 100 Å². The van der Waals surface area contributed by atoms with E-state index in [1.165, 1.54) is 0 Å². The Kier molecular flexibility index (Phi) is 5.98. The Morgan fingerprint density at radius 1 is 0.871 bits per heavy atom. The quantitative estimate of drug-likeness (QED) is 0.432. The van der Waals surface area contributed by atoms with Crippen LogP contribution in [0.2, 0.25) is 0 Å². The molecule has 31 heavy (non-hydrogen) atoms. The lowest BCUT2D eigenvalue weighted by atomic mass is 10.1. The fourth-order valence-electron chi connectivity index (χ4n) is 3.35. The van der Waals surface area contributed by atoms with Crippen molar-refractivity contribution < 1.29 is 13.9 Å². The number of carbonyl (C=O) groups excluding carboxylic acids is 1. The number of rotatable bonds is 7. The van der Waals surface area contributed by atoms with Crippen molar-refractivity contribution >= 4 is 28.3 Å². The van der Waals surface area contributed by atoms with Gasteiger partial charge in [0.05, 0.1) is 19.2 Å². The molecule has 0 aliphatic rings. The minimum absolute atomic E-state index is 0.105. The van der Waals surface area contributed by atoms with Gasteiger partial charge in [-0.15, -0.1) is 0 Å². The van der Waals surface area contributed by atoms with E-state index >= 15 is 0 Å². The minimum Gasteiger partial charge on any atom is -0.497 e. The monoisotopic (exact) mass is 414 g/mol. The molecule has 2 N–H and O–H groups in total. The van der Waals surface area contributed by atoms with Crippen LogP contribution in [0.4, 0.5) is 11.4 Å². The number of anilines is 2. The number of methoxy groups -OCH3 is 1. The van der Waals surface area contributed by atoms with Crippen LogP contribution in [-0.2, 0) is 17.8 Å². The first-order valence-corrected chi connectivity index (χ1v) is 9.90. The molecule has 6 heteroatoms. The molecule has 1 aromatic heterocycles. The molecule has 0 aliphatic heterocycles. The van der Waals surface area contributed by atoms with E-state index in [0.717, 1.165) is 16.5 Å². The number of fused-ring (bicyclic) bond motifs is 1. The molecule has 0 fully saturated rings. The predicted molar refractivity (Wildman–Crippen MR) is 122 cm³/mol. The van der Waals surface area contributed by atoms with Crippen LogP contribution >= 0.6 is 0 Å². The van der Waals surface area contributed by atoms with Gasteiger partial charge in [0.2, 0.25) is 5.91 Å². The van der Waals surface area contributed by atoms with E-state index < -0.39 is 5.63 Å². The van der Waals surface area contributed by atoms with E-state index in [1.807, 2.05) is 54.6 Å². The zero-order valence-electron chi connectivity index (χ0n) is 17.1. The van der Waals surface area contributed by atoms with Gasteiger partial charge in [0.25, 0.3) is 0 Å². The molecular formula is C25H22N2O4. The average molecular weight is 414 g/mol. The normalized spacial score (nSPS) is 10.6. The van der Waals surface area contributed by atoms with Crippen LogP contribution in [0.3, 0.4) is 0 Å². The Morgan fingerprint density at radius 3 is 2.32 bits per heavy atom. The Morgan fingerprint density at radius 2 is 1.58 bits per heavy atom. The number of benzene rings is 3. The fourth-order valence-corrected chi connectivity index (χ4v) is 3.35. The van der Waals surface area contributed by atoms with E-state index in [0.29, 0.717) is 23.6 Å². The number of hydrogen-bond donors (Lipinski definition) is 2. The van der Waals surface area contributed by atoms with Gasteiger partial charge < -0.3 is 19.8 Å². The van der Waals surface area contributed by atoms with Gasteiger partial charge >= 0.3 is 5.63 Å². The maximum absolute atomic E-state index is 12.7. The van der Waals surface area contributed by atoms with Crippen LogP contribution in [0.1, 0.15) is 11.1 Å². The highest BCUT2D eigenvalue weighted by Crippen LogP contribution is 2.29. The van der Waals surface area contributed by atoms with Crippen molar-refractivity contribution in [3.8, 4) is 5.75 Å². The number of carbonyl (C=O) groups is 1. The zero-order valence-corrected chi connectivity index (χ0v) is 17.1. The number of nitrogens with one attached hydrogen (secondary N) is 2. The second kappa shape index (κ2) is 9.17. The van der Waals surface area contributed by atoms with Crippen LogP contribution in [0.25, 0.3) is 11.0 Å². The third kappa shape index (κ3) is 4.75. The first kappa shape index (κ1) is 20.2. The summed E-state index contributed by atoms with van der Waals surface area (Å²) >= 11 is 0. The summed E-state index contributed by atoms with van der Waals surface area (Å²) in [6, 6.07) is 24.3. The smallest absolute Gasteiger partial charge is 0.362 e. The number of hydrogen-bond acceptors (Lipinski definition) is 5. The van der Waals surface area contributed by atoms with Crippen LogP contribution in [-0.4, -0.2) is 13.0 Å². The van der Waals surface area contributed by atoms with Gasteiger partial charge in [-0.05, 0) is 35.4 Å². The summed E-state index contributed by atoms with van der Waals surface area (Å²) in [7, 11) is 1.59. The van der Waals surface area contributed by atoms with E-state index in [1.54, 1.807) is 31.4 Å². The van der Waals surface area contributed by atoms with Crippen LogP contribution in [0.5, 0.6) is 5.75 Å². The highest BCUT2D eigenvalue weighted by molar-refractivity contribution is 6.02. The molecule has 0 saturated heterocycles. The van der Waals surface area contributed by atoms with Crippen molar-refractivity contribution in [1.82, 2.24) is 0 Å². The Labute approximate surface area is 179 Å². The maximum atomic E-state index is 12.7. The molecule has 1 amide bonds.